The summed E-state index contributed by atoms with van der Waals surface area (Å²) in [5, 5.41) is 2.81. The molecule has 0 unspecified atom stereocenters. The van der Waals surface area contributed by atoms with E-state index in [4.69, 9.17) is 0 Å². The van der Waals surface area contributed by atoms with Gasteiger partial charge in [0, 0.05) is 31.7 Å². The number of nitrogens with zero attached hydrogens (tertiary/aromatic N) is 2. The summed E-state index contributed by atoms with van der Waals surface area (Å²) >= 11 is 0. The Morgan fingerprint density at radius 3 is 2.52 bits per heavy atom. The third-order valence-corrected chi connectivity index (χ3v) is 6.02. The zero-order valence-electron chi connectivity index (χ0n) is 14.0. The van der Waals surface area contributed by atoms with Crippen LogP contribution in [0.3, 0.4) is 0 Å². The van der Waals surface area contributed by atoms with Gasteiger partial charge in [0.05, 0.1) is 4.90 Å². The average molecular weight is 339 g/mol. The zero-order chi connectivity index (χ0) is 17.0. The van der Waals surface area contributed by atoms with Crippen LogP contribution in [-0.2, 0) is 10.0 Å². The smallest absolute Gasteiger partial charge is 0.251 e. The largest absolute Gasteiger partial charge is 0.351 e. The minimum absolute atomic E-state index is 0.236. The number of aryl methyl sites for hydroxylation is 1. The molecule has 128 valence electrons. The molecule has 1 saturated heterocycles. The lowest BCUT2D eigenvalue weighted by Gasteiger charge is -2.18. The van der Waals surface area contributed by atoms with E-state index in [0.29, 0.717) is 30.8 Å². The first-order chi connectivity index (χ1) is 10.8. The second-order valence-corrected chi connectivity index (χ2v) is 8.06. The van der Waals surface area contributed by atoms with Crippen LogP contribution in [0, 0.1) is 6.92 Å². The van der Waals surface area contributed by atoms with Gasteiger partial charge < -0.3 is 10.2 Å². The highest BCUT2D eigenvalue weighted by Gasteiger charge is 2.29. The molecule has 0 atom stereocenters. The van der Waals surface area contributed by atoms with Crippen molar-refractivity contribution in [2.24, 2.45) is 0 Å². The van der Waals surface area contributed by atoms with Gasteiger partial charge in [0.1, 0.15) is 0 Å². The molecule has 1 aromatic carbocycles. The summed E-state index contributed by atoms with van der Waals surface area (Å²) in [6.45, 7) is 4.13. The van der Waals surface area contributed by atoms with Crippen LogP contribution in [-0.4, -0.2) is 63.8 Å². The molecule has 0 spiro atoms. The van der Waals surface area contributed by atoms with Crippen molar-refractivity contribution >= 4 is 15.9 Å². The predicted octanol–water partition coefficient (Wildman–Crippen LogP) is 1.07. The molecule has 1 aromatic rings. The molecule has 0 bridgehead atoms. The molecule has 1 amide bonds. The summed E-state index contributed by atoms with van der Waals surface area (Å²) in [6.07, 6.45) is 1.78. The molecule has 6 nitrogen and oxygen atoms in total. The molecule has 0 aliphatic carbocycles. The van der Waals surface area contributed by atoms with Crippen LogP contribution in [0.1, 0.15) is 28.8 Å². The van der Waals surface area contributed by atoms with Crippen molar-refractivity contribution < 1.29 is 13.2 Å². The predicted molar refractivity (Wildman–Crippen MR) is 90.1 cm³/mol. The Labute approximate surface area is 138 Å². The van der Waals surface area contributed by atoms with Crippen LogP contribution in [0.4, 0.5) is 0 Å². The Hall–Kier alpha value is -1.44. The SMILES string of the molecule is Cc1ccc(C(=O)NCCN(C)C)cc1S(=O)(=O)N1CCCC1. The van der Waals surface area contributed by atoms with Gasteiger partial charge in [-0.05, 0) is 51.6 Å². The fourth-order valence-electron chi connectivity index (χ4n) is 2.58. The van der Waals surface area contributed by atoms with Crippen LogP contribution >= 0.6 is 0 Å². The number of hydrogen-bond donors (Lipinski definition) is 1. The normalized spacial score (nSPS) is 16.0. The van der Waals surface area contributed by atoms with Gasteiger partial charge in [-0.2, -0.15) is 4.31 Å². The van der Waals surface area contributed by atoms with E-state index in [1.807, 2.05) is 19.0 Å². The highest BCUT2D eigenvalue weighted by Crippen LogP contribution is 2.24. The van der Waals surface area contributed by atoms with Gasteiger partial charge >= 0.3 is 0 Å². The van der Waals surface area contributed by atoms with Crippen LogP contribution in [0.15, 0.2) is 23.1 Å². The number of hydrogen-bond acceptors (Lipinski definition) is 4. The summed E-state index contributed by atoms with van der Waals surface area (Å²) in [5.74, 6) is -0.246. The molecule has 0 radical (unpaired) electrons. The first-order valence-corrected chi connectivity index (χ1v) is 9.30. The minimum atomic E-state index is -3.51. The van der Waals surface area contributed by atoms with Crippen LogP contribution in [0.25, 0.3) is 0 Å². The zero-order valence-corrected chi connectivity index (χ0v) is 14.8. The molecule has 23 heavy (non-hydrogen) atoms. The Morgan fingerprint density at radius 2 is 1.91 bits per heavy atom. The second-order valence-electron chi connectivity index (χ2n) is 6.15. The summed E-state index contributed by atoms with van der Waals surface area (Å²) in [7, 11) is 0.344. The van der Waals surface area contributed by atoms with E-state index in [2.05, 4.69) is 5.32 Å². The van der Waals surface area contributed by atoms with Crippen molar-refractivity contribution in [1.82, 2.24) is 14.5 Å². The third-order valence-electron chi connectivity index (χ3n) is 3.98. The number of likely N-dealkylation sites (N-methyl/N-ethyl adjacent to an activating group) is 1. The lowest BCUT2D eigenvalue weighted by Crippen LogP contribution is -2.32. The van der Waals surface area contributed by atoms with Crippen LogP contribution < -0.4 is 5.32 Å². The number of rotatable bonds is 6. The topological polar surface area (TPSA) is 69.7 Å². The number of sulfonamides is 1. The van der Waals surface area contributed by atoms with Crippen molar-refractivity contribution in [1.29, 1.82) is 0 Å². The molecule has 1 heterocycles. The quantitative estimate of drug-likeness (QED) is 0.842. The molecule has 2 rings (SSSR count). The second kappa shape index (κ2) is 7.42. The van der Waals surface area contributed by atoms with Crippen molar-refractivity contribution in [3.05, 3.63) is 29.3 Å². The molecule has 1 N–H and O–H groups in total. The van der Waals surface area contributed by atoms with Gasteiger partial charge in [-0.15, -0.1) is 0 Å². The number of carbonyl (C=O) groups excluding carboxylic acids is 1. The number of carbonyl (C=O) groups is 1. The molecular formula is C16H25N3O3S. The average Bonchev–Trinajstić information content (AvgIpc) is 3.02. The molecule has 1 aliphatic rings. The summed E-state index contributed by atoms with van der Waals surface area (Å²) in [4.78, 5) is 14.4. The van der Waals surface area contributed by atoms with Crippen LogP contribution in [0.2, 0.25) is 0 Å². The Bertz CT molecular complexity index is 665. The Kier molecular flexibility index (Phi) is 5.78. The lowest BCUT2D eigenvalue weighted by molar-refractivity contribution is 0.0951. The third kappa shape index (κ3) is 4.31. The Balaban J connectivity index is 2.20. The number of amides is 1. The maximum absolute atomic E-state index is 12.7. The van der Waals surface area contributed by atoms with Crippen molar-refractivity contribution in [2.45, 2.75) is 24.7 Å². The summed E-state index contributed by atoms with van der Waals surface area (Å²) in [6, 6.07) is 4.86. The maximum atomic E-state index is 12.7. The van der Waals surface area contributed by atoms with E-state index in [1.54, 1.807) is 19.1 Å². The maximum Gasteiger partial charge on any atom is 0.251 e. The molecule has 0 saturated carbocycles. The monoisotopic (exact) mass is 339 g/mol. The fourth-order valence-corrected chi connectivity index (χ4v) is 4.35. The molecule has 1 fully saturated rings. The lowest BCUT2D eigenvalue weighted by atomic mass is 10.1. The van der Waals surface area contributed by atoms with E-state index in [0.717, 1.165) is 19.4 Å². The van der Waals surface area contributed by atoms with E-state index in [1.165, 1.54) is 10.4 Å². The van der Waals surface area contributed by atoms with Crippen molar-refractivity contribution in [2.75, 3.05) is 40.3 Å². The summed E-state index contributed by atoms with van der Waals surface area (Å²) < 4.78 is 26.9. The summed E-state index contributed by atoms with van der Waals surface area (Å²) in [5.41, 5.74) is 1.05. The standard InChI is InChI=1S/C16H25N3O3S/c1-13-6-7-14(16(20)17-8-11-18(2)3)12-15(13)23(21,22)19-9-4-5-10-19/h6-7,12H,4-5,8-11H2,1-3H3,(H,17,20). The number of benzene rings is 1. The fraction of sp³-hybridized carbons (Fsp3) is 0.562. The van der Waals surface area contributed by atoms with Crippen molar-refractivity contribution in [3.8, 4) is 0 Å². The van der Waals surface area contributed by atoms with E-state index < -0.39 is 10.0 Å². The van der Waals surface area contributed by atoms with Gasteiger partial charge in [0.15, 0.2) is 0 Å². The first-order valence-electron chi connectivity index (χ1n) is 7.86. The molecule has 0 aromatic heterocycles. The molecule has 1 aliphatic heterocycles. The first kappa shape index (κ1) is 17.9. The van der Waals surface area contributed by atoms with E-state index in [9.17, 15) is 13.2 Å². The minimum Gasteiger partial charge on any atom is -0.351 e. The highest BCUT2D eigenvalue weighted by atomic mass is 32.2. The van der Waals surface area contributed by atoms with Gasteiger partial charge in [0.2, 0.25) is 10.0 Å². The van der Waals surface area contributed by atoms with Gasteiger partial charge in [-0.25, -0.2) is 8.42 Å². The van der Waals surface area contributed by atoms with Gasteiger partial charge in [-0.3, -0.25) is 4.79 Å². The molecule has 7 heteroatoms. The molecular weight excluding hydrogens is 314 g/mol. The van der Waals surface area contributed by atoms with E-state index >= 15 is 0 Å². The number of nitrogens with one attached hydrogen (secondary N) is 1. The van der Waals surface area contributed by atoms with Crippen molar-refractivity contribution in [3.63, 3.8) is 0 Å². The Morgan fingerprint density at radius 1 is 1.26 bits per heavy atom. The van der Waals surface area contributed by atoms with E-state index in [-0.39, 0.29) is 10.8 Å². The van der Waals surface area contributed by atoms with Crippen LogP contribution in [0.5, 0.6) is 0 Å². The van der Waals surface area contributed by atoms with Gasteiger partial charge in [0.25, 0.3) is 5.91 Å². The highest BCUT2D eigenvalue weighted by molar-refractivity contribution is 7.89. The van der Waals surface area contributed by atoms with Gasteiger partial charge in [-0.1, -0.05) is 6.07 Å².